The fourth-order valence-electron chi connectivity index (χ4n) is 1.56. The van der Waals surface area contributed by atoms with Crippen molar-refractivity contribution in [3.05, 3.63) is 35.4 Å². The maximum atomic E-state index is 12.9. The molecule has 4 heteroatoms. The summed E-state index contributed by atoms with van der Waals surface area (Å²) < 4.78 is 30.5. The summed E-state index contributed by atoms with van der Waals surface area (Å²) in [5.74, 6) is -1.64. The van der Waals surface area contributed by atoms with Gasteiger partial charge in [0, 0.05) is 19.8 Å². The van der Waals surface area contributed by atoms with Crippen LogP contribution < -0.4 is 5.73 Å². The summed E-state index contributed by atoms with van der Waals surface area (Å²) in [4.78, 5) is 0. The number of benzene rings is 1. The first kappa shape index (κ1) is 13.1. The molecule has 0 saturated heterocycles. The van der Waals surface area contributed by atoms with E-state index in [0.717, 1.165) is 24.5 Å². The minimum absolute atomic E-state index is 0.0417. The van der Waals surface area contributed by atoms with E-state index in [4.69, 9.17) is 10.5 Å². The van der Waals surface area contributed by atoms with Gasteiger partial charge in [0.25, 0.3) is 0 Å². The van der Waals surface area contributed by atoms with Crippen molar-refractivity contribution in [1.82, 2.24) is 0 Å². The number of hydrogen-bond donors (Lipinski definition) is 1. The third-order valence-corrected chi connectivity index (χ3v) is 2.41. The van der Waals surface area contributed by atoms with Gasteiger partial charge in [0.05, 0.1) is 0 Å². The molecule has 0 fully saturated rings. The summed E-state index contributed by atoms with van der Waals surface area (Å²) in [7, 11) is 1.64. The van der Waals surface area contributed by atoms with Gasteiger partial charge < -0.3 is 10.5 Å². The van der Waals surface area contributed by atoms with Gasteiger partial charge in [0.15, 0.2) is 11.6 Å². The number of methoxy groups -OCH3 is 1. The molecule has 0 amide bonds. The molecule has 1 rings (SSSR count). The van der Waals surface area contributed by atoms with Crippen LogP contribution >= 0.6 is 0 Å². The van der Waals surface area contributed by atoms with Crippen LogP contribution in [0.5, 0.6) is 0 Å². The average Bonchev–Trinajstić information content (AvgIpc) is 2.24. The third-order valence-electron chi connectivity index (χ3n) is 2.41. The SMILES string of the molecule is COCCCC(N)Cc1ccc(F)c(F)c1. The smallest absolute Gasteiger partial charge is 0.159 e. The highest BCUT2D eigenvalue weighted by Crippen LogP contribution is 2.11. The molecule has 0 aliphatic carbocycles. The molecular formula is C12H17F2NO. The molecule has 0 aromatic heterocycles. The zero-order valence-electron chi connectivity index (χ0n) is 9.38. The average molecular weight is 229 g/mol. The van der Waals surface area contributed by atoms with E-state index in [2.05, 4.69) is 0 Å². The van der Waals surface area contributed by atoms with Gasteiger partial charge in [0.1, 0.15) is 0 Å². The first-order chi connectivity index (χ1) is 7.63. The molecule has 2 nitrogen and oxygen atoms in total. The highest BCUT2D eigenvalue weighted by molar-refractivity contribution is 5.18. The van der Waals surface area contributed by atoms with Crippen LogP contribution in [0.15, 0.2) is 18.2 Å². The second-order valence-electron chi connectivity index (χ2n) is 3.85. The van der Waals surface area contributed by atoms with E-state index in [0.29, 0.717) is 13.0 Å². The molecule has 16 heavy (non-hydrogen) atoms. The van der Waals surface area contributed by atoms with E-state index < -0.39 is 11.6 Å². The fraction of sp³-hybridized carbons (Fsp3) is 0.500. The normalized spacial score (nSPS) is 12.8. The third kappa shape index (κ3) is 4.24. The van der Waals surface area contributed by atoms with E-state index in [-0.39, 0.29) is 6.04 Å². The Morgan fingerprint density at radius 3 is 2.69 bits per heavy atom. The Balaban J connectivity index is 2.43. The van der Waals surface area contributed by atoms with Crippen LogP contribution in [0.3, 0.4) is 0 Å². The summed E-state index contributed by atoms with van der Waals surface area (Å²) in [5, 5.41) is 0. The summed E-state index contributed by atoms with van der Waals surface area (Å²) in [6.07, 6.45) is 2.25. The van der Waals surface area contributed by atoms with Crippen LogP contribution in [0.1, 0.15) is 18.4 Å². The van der Waals surface area contributed by atoms with E-state index in [9.17, 15) is 8.78 Å². The number of hydrogen-bond acceptors (Lipinski definition) is 2. The quantitative estimate of drug-likeness (QED) is 0.759. The van der Waals surface area contributed by atoms with Gasteiger partial charge in [-0.3, -0.25) is 0 Å². The van der Waals surface area contributed by atoms with E-state index in [1.807, 2.05) is 0 Å². The van der Waals surface area contributed by atoms with Crippen LogP contribution in [0.4, 0.5) is 8.78 Å². The Bertz CT molecular complexity index is 331. The van der Waals surface area contributed by atoms with Gasteiger partial charge in [-0.05, 0) is 37.0 Å². The number of rotatable bonds is 6. The molecule has 0 bridgehead atoms. The lowest BCUT2D eigenvalue weighted by Crippen LogP contribution is -2.23. The lowest BCUT2D eigenvalue weighted by molar-refractivity contribution is 0.190. The summed E-state index contributed by atoms with van der Waals surface area (Å²) in [6.45, 7) is 0.672. The van der Waals surface area contributed by atoms with Gasteiger partial charge in [-0.2, -0.15) is 0 Å². The maximum absolute atomic E-state index is 12.9. The van der Waals surface area contributed by atoms with Gasteiger partial charge in [0.2, 0.25) is 0 Å². The zero-order chi connectivity index (χ0) is 12.0. The maximum Gasteiger partial charge on any atom is 0.159 e. The topological polar surface area (TPSA) is 35.2 Å². The minimum atomic E-state index is -0.822. The Labute approximate surface area is 94.4 Å². The lowest BCUT2D eigenvalue weighted by Gasteiger charge is -2.11. The van der Waals surface area contributed by atoms with E-state index in [1.165, 1.54) is 6.07 Å². The number of ether oxygens (including phenoxy) is 1. The van der Waals surface area contributed by atoms with Crippen molar-refractivity contribution in [2.75, 3.05) is 13.7 Å². The van der Waals surface area contributed by atoms with Crippen molar-refractivity contribution >= 4 is 0 Å². The van der Waals surface area contributed by atoms with Crippen molar-refractivity contribution in [3.63, 3.8) is 0 Å². The van der Waals surface area contributed by atoms with E-state index >= 15 is 0 Å². The van der Waals surface area contributed by atoms with Gasteiger partial charge >= 0.3 is 0 Å². The first-order valence-corrected chi connectivity index (χ1v) is 5.32. The summed E-state index contributed by atoms with van der Waals surface area (Å²) in [5.41, 5.74) is 6.59. The molecular weight excluding hydrogens is 212 g/mol. The number of nitrogens with two attached hydrogens (primary N) is 1. The largest absolute Gasteiger partial charge is 0.385 e. The van der Waals surface area contributed by atoms with Crippen molar-refractivity contribution in [1.29, 1.82) is 0 Å². The zero-order valence-corrected chi connectivity index (χ0v) is 9.38. The van der Waals surface area contributed by atoms with Crippen LogP contribution in [0.2, 0.25) is 0 Å². The molecule has 90 valence electrons. The number of halogens is 2. The summed E-state index contributed by atoms with van der Waals surface area (Å²) >= 11 is 0. The van der Waals surface area contributed by atoms with Crippen molar-refractivity contribution in [3.8, 4) is 0 Å². The Morgan fingerprint density at radius 2 is 2.06 bits per heavy atom. The van der Waals surface area contributed by atoms with Gasteiger partial charge in [-0.15, -0.1) is 0 Å². The highest BCUT2D eigenvalue weighted by Gasteiger charge is 2.07. The second kappa shape index (κ2) is 6.55. The molecule has 0 radical (unpaired) electrons. The molecule has 1 unspecified atom stereocenters. The molecule has 1 atom stereocenters. The van der Waals surface area contributed by atoms with Gasteiger partial charge in [-0.1, -0.05) is 6.07 Å². The monoisotopic (exact) mass is 229 g/mol. The van der Waals surface area contributed by atoms with Crippen LogP contribution in [0.25, 0.3) is 0 Å². The molecule has 0 spiro atoms. The standard InChI is InChI=1S/C12H17F2NO/c1-16-6-2-3-10(15)7-9-4-5-11(13)12(14)8-9/h4-5,8,10H,2-3,6-7,15H2,1H3. The predicted octanol–water partition coefficient (Wildman–Crippen LogP) is 2.26. The lowest BCUT2D eigenvalue weighted by atomic mass is 10.0. The molecule has 0 saturated carbocycles. The molecule has 0 aliphatic rings. The summed E-state index contributed by atoms with van der Waals surface area (Å²) in [6, 6.07) is 3.85. The first-order valence-electron chi connectivity index (χ1n) is 5.32. The Kier molecular flexibility index (Phi) is 5.35. The molecule has 2 N–H and O–H groups in total. The van der Waals surface area contributed by atoms with Crippen molar-refractivity contribution < 1.29 is 13.5 Å². The molecule has 1 aromatic rings. The molecule has 0 aliphatic heterocycles. The highest BCUT2D eigenvalue weighted by atomic mass is 19.2. The van der Waals surface area contributed by atoms with Crippen molar-refractivity contribution in [2.24, 2.45) is 5.73 Å². The van der Waals surface area contributed by atoms with Crippen LogP contribution in [-0.4, -0.2) is 19.8 Å². The van der Waals surface area contributed by atoms with Crippen molar-refractivity contribution in [2.45, 2.75) is 25.3 Å². The van der Waals surface area contributed by atoms with Gasteiger partial charge in [-0.25, -0.2) is 8.78 Å². The Morgan fingerprint density at radius 1 is 1.31 bits per heavy atom. The Hall–Kier alpha value is -1.00. The molecule has 1 aromatic carbocycles. The van der Waals surface area contributed by atoms with E-state index in [1.54, 1.807) is 13.2 Å². The minimum Gasteiger partial charge on any atom is -0.385 e. The fourth-order valence-corrected chi connectivity index (χ4v) is 1.56. The second-order valence-corrected chi connectivity index (χ2v) is 3.85. The van der Waals surface area contributed by atoms with Crippen LogP contribution in [0, 0.1) is 11.6 Å². The predicted molar refractivity (Wildman–Crippen MR) is 59.1 cm³/mol. The van der Waals surface area contributed by atoms with Crippen LogP contribution in [-0.2, 0) is 11.2 Å². The molecule has 0 heterocycles.